The molecule has 0 spiro atoms. The number of nitrogens with two attached hydrogens (primary N) is 1. The minimum atomic E-state index is -3.63. The van der Waals surface area contributed by atoms with Crippen LogP contribution >= 0.6 is 11.6 Å². The highest BCUT2D eigenvalue weighted by Gasteiger charge is 2.23. The lowest BCUT2D eigenvalue weighted by Gasteiger charge is -2.18. The van der Waals surface area contributed by atoms with Crippen molar-refractivity contribution in [1.82, 2.24) is 4.31 Å². The largest absolute Gasteiger partial charge is 0.398 e. The summed E-state index contributed by atoms with van der Waals surface area (Å²) in [6, 6.07) is 12.0. The van der Waals surface area contributed by atoms with E-state index in [-0.39, 0.29) is 17.1 Å². The molecule has 0 fully saturated rings. The average molecular weight is 325 g/mol. The summed E-state index contributed by atoms with van der Waals surface area (Å²) in [7, 11) is -2.11. The van der Waals surface area contributed by atoms with Gasteiger partial charge in [0.1, 0.15) is 4.90 Å². The lowest BCUT2D eigenvalue weighted by Crippen LogP contribution is -2.27. The van der Waals surface area contributed by atoms with Crippen LogP contribution in [0.2, 0.25) is 5.02 Å². The zero-order valence-electron chi connectivity index (χ0n) is 11.9. The van der Waals surface area contributed by atoms with Gasteiger partial charge < -0.3 is 5.73 Å². The molecule has 0 saturated heterocycles. The zero-order valence-corrected chi connectivity index (χ0v) is 13.4. The van der Waals surface area contributed by atoms with E-state index in [1.807, 2.05) is 13.0 Å². The van der Waals surface area contributed by atoms with Crippen molar-refractivity contribution < 1.29 is 8.42 Å². The monoisotopic (exact) mass is 324 g/mol. The minimum absolute atomic E-state index is 0.123. The number of nitrogens with zero attached hydrogens (tertiary/aromatic N) is 1. The Labute approximate surface area is 130 Å². The summed E-state index contributed by atoms with van der Waals surface area (Å²) in [5.74, 6) is 0. The maximum atomic E-state index is 12.6. The third kappa shape index (κ3) is 3.56. The molecule has 2 aromatic rings. The molecule has 4 nitrogen and oxygen atoms in total. The number of rotatable bonds is 4. The molecule has 112 valence electrons. The molecule has 0 aliphatic heterocycles. The molecular weight excluding hydrogens is 308 g/mol. The van der Waals surface area contributed by atoms with Crippen LogP contribution in [-0.4, -0.2) is 19.8 Å². The molecule has 21 heavy (non-hydrogen) atoms. The Morgan fingerprint density at radius 2 is 1.90 bits per heavy atom. The molecule has 0 atom stereocenters. The van der Waals surface area contributed by atoms with Crippen LogP contribution in [0.15, 0.2) is 47.4 Å². The van der Waals surface area contributed by atoms with Gasteiger partial charge in [-0.2, -0.15) is 4.31 Å². The first-order valence-corrected chi connectivity index (χ1v) is 8.19. The van der Waals surface area contributed by atoms with Gasteiger partial charge in [0.2, 0.25) is 10.0 Å². The van der Waals surface area contributed by atoms with E-state index in [1.165, 1.54) is 17.4 Å². The van der Waals surface area contributed by atoms with Crippen LogP contribution in [0.25, 0.3) is 0 Å². The predicted octanol–water partition coefficient (Wildman–Crippen LogP) is 3.05. The molecule has 2 N–H and O–H groups in total. The van der Waals surface area contributed by atoms with E-state index in [1.54, 1.807) is 30.3 Å². The van der Waals surface area contributed by atoms with Gasteiger partial charge in [0.15, 0.2) is 0 Å². The van der Waals surface area contributed by atoms with Crippen molar-refractivity contribution >= 4 is 27.3 Å². The number of halogens is 1. The Balaban J connectivity index is 2.30. The van der Waals surface area contributed by atoms with Gasteiger partial charge in [0, 0.05) is 18.6 Å². The number of sulfonamides is 1. The van der Waals surface area contributed by atoms with E-state index in [0.29, 0.717) is 5.02 Å². The predicted molar refractivity (Wildman–Crippen MR) is 85.7 cm³/mol. The van der Waals surface area contributed by atoms with Crippen LogP contribution in [0.4, 0.5) is 5.69 Å². The molecule has 0 saturated carbocycles. The minimum Gasteiger partial charge on any atom is -0.398 e. The lowest BCUT2D eigenvalue weighted by molar-refractivity contribution is 0.467. The second-order valence-electron chi connectivity index (χ2n) is 4.93. The lowest BCUT2D eigenvalue weighted by atomic mass is 10.2. The third-order valence-electron chi connectivity index (χ3n) is 3.15. The van der Waals surface area contributed by atoms with E-state index in [0.717, 1.165) is 11.1 Å². The van der Waals surface area contributed by atoms with Crippen LogP contribution in [0.5, 0.6) is 0 Å². The molecular formula is C15H17ClN2O2S. The number of nitrogen functional groups attached to an aromatic ring is 1. The van der Waals surface area contributed by atoms with Crippen LogP contribution in [0, 0.1) is 6.92 Å². The zero-order chi connectivity index (χ0) is 15.6. The highest BCUT2D eigenvalue weighted by Crippen LogP contribution is 2.24. The summed E-state index contributed by atoms with van der Waals surface area (Å²) < 4.78 is 26.4. The fraction of sp³-hybridized carbons (Fsp3) is 0.200. The quantitative estimate of drug-likeness (QED) is 0.879. The summed E-state index contributed by atoms with van der Waals surface area (Å²) in [6.45, 7) is 2.10. The first-order valence-electron chi connectivity index (χ1n) is 6.37. The topological polar surface area (TPSA) is 63.4 Å². The second-order valence-corrected chi connectivity index (χ2v) is 7.38. The maximum absolute atomic E-state index is 12.6. The van der Waals surface area contributed by atoms with Gasteiger partial charge >= 0.3 is 0 Å². The van der Waals surface area contributed by atoms with Crippen LogP contribution < -0.4 is 5.73 Å². The Morgan fingerprint density at radius 3 is 2.52 bits per heavy atom. The van der Waals surface area contributed by atoms with Crippen molar-refractivity contribution in [3.63, 3.8) is 0 Å². The molecule has 0 aromatic heterocycles. The average Bonchev–Trinajstić information content (AvgIpc) is 2.38. The van der Waals surface area contributed by atoms with Gasteiger partial charge in [-0.3, -0.25) is 0 Å². The second kappa shape index (κ2) is 6.05. The van der Waals surface area contributed by atoms with Gasteiger partial charge in [0.25, 0.3) is 0 Å². The Bertz CT molecular complexity index is 760. The van der Waals surface area contributed by atoms with Crippen LogP contribution in [-0.2, 0) is 16.6 Å². The van der Waals surface area contributed by atoms with Crippen molar-refractivity contribution in [3.05, 3.63) is 58.6 Å². The normalized spacial score (nSPS) is 11.8. The van der Waals surface area contributed by atoms with Crippen molar-refractivity contribution in [2.24, 2.45) is 0 Å². The van der Waals surface area contributed by atoms with E-state index < -0.39 is 10.0 Å². The number of hydrogen-bond acceptors (Lipinski definition) is 3. The van der Waals surface area contributed by atoms with Gasteiger partial charge in [-0.1, -0.05) is 29.8 Å². The van der Waals surface area contributed by atoms with E-state index in [9.17, 15) is 8.42 Å². The number of anilines is 1. The number of benzene rings is 2. The van der Waals surface area contributed by atoms with E-state index in [2.05, 4.69) is 0 Å². The summed E-state index contributed by atoms with van der Waals surface area (Å²) in [5.41, 5.74) is 7.83. The van der Waals surface area contributed by atoms with Gasteiger partial charge in [-0.15, -0.1) is 0 Å². The summed E-state index contributed by atoms with van der Waals surface area (Å²) >= 11 is 5.91. The number of hydrogen-bond donors (Lipinski definition) is 1. The smallest absolute Gasteiger partial charge is 0.245 e. The molecule has 0 aliphatic rings. The summed E-state index contributed by atoms with van der Waals surface area (Å²) in [6.07, 6.45) is 0. The van der Waals surface area contributed by atoms with Crippen molar-refractivity contribution in [1.29, 1.82) is 0 Å². The van der Waals surface area contributed by atoms with E-state index >= 15 is 0 Å². The maximum Gasteiger partial charge on any atom is 0.245 e. The molecule has 0 aliphatic carbocycles. The highest BCUT2D eigenvalue weighted by atomic mass is 35.5. The standard InChI is InChI=1S/C15H17ClN2O2S/c1-11-6-7-15(14(17)8-11)21(19,20)18(2)10-12-4-3-5-13(16)9-12/h3-9H,10,17H2,1-2H3. The van der Waals surface area contributed by atoms with E-state index in [4.69, 9.17) is 17.3 Å². The fourth-order valence-electron chi connectivity index (χ4n) is 2.05. The van der Waals surface area contributed by atoms with Crippen LogP contribution in [0.3, 0.4) is 0 Å². The highest BCUT2D eigenvalue weighted by molar-refractivity contribution is 7.89. The van der Waals surface area contributed by atoms with Gasteiger partial charge in [-0.25, -0.2) is 8.42 Å². The molecule has 0 bridgehead atoms. The van der Waals surface area contributed by atoms with Crippen molar-refractivity contribution in [2.75, 3.05) is 12.8 Å². The third-order valence-corrected chi connectivity index (χ3v) is 5.26. The summed E-state index contributed by atoms with van der Waals surface area (Å²) in [5, 5.41) is 0.577. The number of aryl methyl sites for hydroxylation is 1. The summed E-state index contributed by atoms with van der Waals surface area (Å²) in [4.78, 5) is 0.123. The molecule has 0 unspecified atom stereocenters. The Hall–Kier alpha value is -1.56. The molecule has 0 radical (unpaired) electrons. The molecule has 2 rings (SSSR count). The first-order chi connectivity index (χ1) is 9.80. The van der Waals surface area contributed by atoms with Gasteiger partial charge in [0.05, 0.1) is 5.69 Å². The fourth-order valence-corrected chi connectivity index (χ4v) is 3.51. The van der Waals surface area contributed by atoms with Crippen molar-refractivity contribution in [3.8, 4) is 0 Å². The molecule has 0 heterocycles. The Morgan fingerprint density at radius 1 is 1.19 bits per heavy atom. The molecule has 6 heteroatoms. The first kappa shape index (κ1) is 15.8. The Kier molecular flexibility index (Phi) is 4.56. The van der Waals surface area contributed by atoms with Gasteiger partial charge in [-0.05, 0) is 42.3 Å². The van der Waals surface area contributed by atoms with Crippen molar-refractivity contribution in [2.45, 2.75) is 18.4 Å². The molecule has 2 aromatic carbocycles. The SMILES string of the molecule is Cc1ccc(S(=O)(=O)N(C)Cc2cccc(Cl)c2)c(N)c1. The van der Waals surface area contributed by atoms with Crippen LogP contribution in [0.1, 0.15) is 11.1 Å². The molecule has 0 amide bonds.